The number of aryl methyl sites for hydroxylation is 1. The predicted molar refractivity (Wildman–Crippen MR) is 297 cm³/mol. The van der Waals surface area contributed by atoms with Gasteiger partial charge in [-0.15, -0.1) is 11.8 Å². The Balaban J connectivity index is 0.773. The molecule has 20 nitrogen and oxygen atoms in total. The van der Waals surface area contributed by atoms with E-state index in [-0.39, 0.29) is 130 Å². The zero-order valence-electron chi connectivity index (χ0n) is 46.9. The number of nitrogens with zero attached hydrogens (tertiary/aromatic N) is 3. The number of hydrogen-bond acceptors (Lipinski definition) is 15. The van der Waals surface area contributed by atoms with Crippen molar-refractivity contribution in [1.82, 2.24) is 35.7 Å². The lowest BCUT2D eigenvalue weighted by atomic mass is 9.81. The Morgan fingerprint density at radius 3 is 2.39 bits per heavy atom. The van der Waals surface area contributed by atoms with Crippen LogP contribution >= 0.6 is 11.8 Å². The SMILES string of the molecule is CCC(CC)(SC1CC(=O)N(CCOCCOCCC(=O)N[C@@H](C)C(=O)N[C@@H](CCCCN)C(=O)NCCCC(=O)N[C@H]2CCc3c(C)c(F)cc4nc5c(c2c34)Cn2c-5cc3c(c2=O)COC(=O)[C@]3(O)CC)C1=O)C1CCCC1. The third-order valence-electron chi connectivity index (χ3n) is 17.1. The van der Waals surface area contributed by atoms with E-state index in [1.165, 1.54) is 48.1 Å². The van der Waals surface area contributed by atoms with Crippen molar-refractivity contribution >= 4 is 64.1 Å². The number of cyclic esters (lactones) is 1. The van der Waals surface area contributed by atoms with Gasteiger partial charge in [0.15, 0.2) is 5.60 Å². The number of ether oxygens (including phenoxy) is 3. The van der Waals surface area contributed by atoms with Crippen LogP contribution in [0.4, 0.5) is 4.39 Å². The van der Waals surface area contributed by atoms with Crippen LogP contribution in [0.25, 0.3) is 22.3 Å². The second-order valence-electron chi connectivity index (χ2n) is 21.9. The van der Waals surface area contributed by atoms with Gasteiger partial charge in [0, 0.05) is 53.1 Å². The molecule has 2 aromatic heterocycles. The molecule has 1 saturated carbocycles. The van der Waals surface area contributed by atoms with Crippen LogP contribution in [-0.4, -0.2) is 129 Å². The molecule has 7 N–H and O–H groups in total. The monoisotopic (exact) mass is 1130 g/mol. The fourth-order valence-corrected chi connectivity index (χ4v) is 14.2. The smallest absolute Gasteiger partial charge is 0.343 e. The first-order valence-electron chi connectivity index (χ1n) is 28.8. The van der Waals surface area contributed by atoms with Gasteiger partial charge in [-0.1, -0.05) is 33.6 Å². The molecule has 1 saturated heterocycles. The van der Waals surface area contributed by atoms with E-state index in [1.807, 2.05) is 0 Å². The molecular weight excluding hydrogens is 1050 g/mol. The van der Waals surface area contributed by atoms with Gasteiger partial charge in [-0.25, -0.2) is 14.2 Å². The van der Waals surface area contributed by atoms with Crippen LogP contribution in [0, 0.1) is 18.7 Å². The molecule has 5 atom stereocenters. The standard InChI is InChI=1S/C58H79FN8O12S/c1-6-57(7-2,35-14-9-10-15-35)80-45-30-48(70)66(55(45)74)23-25-78-27-26-77-24-20-47(69)62-34(5)52(71)65-42(16-11-12-21-60)53(72)61-22-13-17-46(68)63-41-19-18-36-33(4)40(59)29-43-49(36)50(41)37-31-67-44(51(37)64-43)28-39-38(54(67)73)32-79-56(75)58(39,76)8-3/h28-29,34-35,41-42,45,76H,6-27,30-32,60H2,1-5H3,(H,61,72)(H,62,69)(H,63,68)(H,65,71)/t34-,41-,42-,45?,58-/m0/s1. The van der Waals surface area contributed by atoms with Crippen LogP contribution in [0.15, 0.2) is 16.9 Å². The summed E-state index contributed by atoms with van der Waals surface area (Å²) in [4.78, 5) is 112. The van der Waals surface area contributed by atoms with Gasteiger partial charge in [0.2, 0.25) is 35.4 Å². The van der Waals surface area contributed by atoms with Gasteiger partial charge in [0.05, 0.1) is 73.3 Å². The predicted octanol–water partition coefficient (Wildman–Crippen LogP) is 4.68. The van der Waals surface area contributed by atoms with E-state index in [4.69, 9.17) is 24.9 Å². The Hall–Kier alpha value is -5.81. The maximum absolute atomic E-state index is 15.4. The summed E-state index contributed by atoms with van der Waals surface area (Å²) in [6.45, 7) is 10.3. The normalized spacial score (nSPS) is 20.3. The Morgan fingerprint density at radius 1 is 0.938 bits per heavy atom. The summed E-state index contributed by atoms with van der Waals surface area (Å²) in [6.07, 6.45) is 9.53. The van der Waals surface area contributed by atoms with Crippen molar-refractivity contribution in [1.29, 1.82) is 0 Å². The Bertz CT molecular complexity index is 2930. The van der Waals surface area contributed by atoms with E-state index in [2.05, 4.69) is 35.1 Å². The number of hydrogen-bond donors (Lipinski definition) is 6. The van der Waals surface area contributed by atoms with Crippen LogP contribution in [0.2, 0.25) is 0 Å². The summed E-state index contributed by atoms with van der Waals surface area (Å²) in [5.74, 6) is -2.77. The summed E-state index contributed by atoms with van der Waals surface area (Å²) < 4.78 is 33.4. The van der Waals surface area contributed by atoms with Crippen molar-refractivity contribution in [3.63, 3.8) is 0 Å². The molecule has 3 aliphatic heterocycles. The average molecular weight is 1130 g/mol. The molecule has 0 radical (unpaired) electrons. The summed E-state index contributed by atoms with van der Waals surface area (Å²) in [6, 6.07) is 0.504. The van der Waals surface area contributed by atoms with Gasteiger partial charge in [-0.05, 0) is 120 Å². The number of likely N-dealkylation sites (tertiary alicyclic amines) is 1. The molecule has 0 spiro atoms. The number of unbranched alkanes of at least 4 members (excludes halogenated alkanes) is 1. The highest BCUT2D eigenvalue weighted by Crippen LogP contribution is 2.51. The molecule has 80 heavy (non-hydrogen) atoms. The number of rotatable bonds is 28. The molecule has 3 aromatic rings. The van der Waals surface area contributed by atoms with Gasteiger partial charge in [0.1, 0.15) is 24.5 Å². The summed E-state index contributed by atoms with van der Waals surface area (Å²) in [5.41, 5.74) is 7.34. The zero-order valence-corrected chi connectivity index (χ0v) is 47.7. The van der Waals surface area contributed by atoms with Crippen LogP contribution in [-0.2, 0) is 72.9 Å². The Kier molecular flexibility index (Phi) is 19.9. The number of carbonyl (C=O) groups is 7. The fraction of sp³-hybridized carbons (Fsp3) is 0.638. The van der Waals surface area contributed by atoms with Crippen molar-refractivity contribution < 1.29 is 57.3 Å². The minimum atomic E-state index is -2.03. The first kappa shape index (κ1) is 60.3. The third-order valence-corrected chi connectivity index (χ3v) is 19.2. The van der Waals surface area contributed by atoms with E-state index in [1.54, 1.807) is 31.7 Å². The number of nitrogens with one attached hydrogen (secondary N) is 4. The summed E-state index contributed by atoms with van der Waals surface area (Å²) >= 11 is 1.71. The molecule has 2 fully saturated rings. The lowest BCUT2D eigenvalue weighted by Gasteiger charge is -2.38. The second-order valence-corrected chi connectivity index (χ2v) is 23.5. The number of fused-ring (bicyclic) bond motifs is 5. The number of aromatic nitrogens is 2. The average Bonchev–Trinajstić information content (AvgIpc) is 4.21. The number of imide groups is 1. The zero-order chi connectivity index (χ0) is 57.5. The molecule has 1 aromatic carbocycles. The minimum Gasteiger partial charge on any atom is -0.458 e. The molecule has 6 amide bonds. The summed E-state index contributed by atoms with van der Waals surface area (Å²) in [7, 11) is 0. The van der Waals surface area contributed by atoms with Crippen LogP contribution in [0.1, 0.15) is 163 Å². The molecule has 5 aliphatic rings. The highest BCUT2D eigenvalue weighted by Gasteiger charge is 2.48. The van der Waals surface area contributed by atoms with Crippen molar-refractivity contribution in [3.05, 3.63) is 61.7 Å². The fourth-order valence-electron chi connectivity index (χ4n) is 12.4. The number of halogens is 1. The first-order valence-corrected chi connectivity index (χ1v) is 29.6. The Labute approximate surface area is 470 Å². The van der Waals surface area contributed by atoms with Gasteiger partial charge in [0.25, 0.3) is 5.56 Å². The van der Waals surface area contributed by atoms with Gasteiger partial charge >= 0.3 is 5.97 Å². The van der Waals surface area contributed by atoms with Crippen LogP contribution < -0.4 is 32.6 Å². The highest BCUT2D eigenvalue weighted by atomic mass is 32.2. The van der Waals surface area contributed by atoms with Crippen LogP contribution in [0.5, 0.6) is 0 Å². The Morgan fingerprint density at radius 2 is 1.68 bits per heavy atom. The maximum atomic E-state index is 15.4. The largest absolute Gasteiger partial charge is 0.458 e. The maximum Gasteiger partial charge on any atom is 0.343 e. The van der Waals surface area contributed by atoms with Crippen molar-refractivity contribution in [2.45, 2.75) is 184 Å². The number of aliphatic hydroxyl groups is 1. The van der Waals surface area contributed by atoms with E-state index in [0.717, 1.165) is 24.0 Å². The molecule has 2 aliphatic carbocycles. The highest BCUT2D eigenvalue weighted by molar-refractivity contribution is 8.02. The number of pyridine rings is 2. The molecule has 22 heteroatoms. The van der Waals surface area contributed by atoms with E-state index >= 15 is 4.39 Å². The number of esters is 1. The number of carbonyl (C=O) groups excluding carboxylic acids is 7. The lowest BCUT2D eigenvalue weighted by molar-refractivity contribution is -0.172. The van der Waals surface area contributed by atoms with E-state index < -0.39 is 58.8 Å². The van der Waals surface area contributed by atoms with Gasteiger partial charge < -0.3 is 50.9 Å². The molecule has 5 heterocycles. The number of nitrogens with two attached hydrogens (primary N) is 1. The molecule has 1 unspecified atom stereocenters. The quantitative estimate of drug-likeness (QED) is 0.0256. The van der Waals surface area contributed by atoms with E-state index in [9.17, 15) is 43.5 Å². The van der Waals surface area contributed by atoms with Crippen LogP contribution in [0.3, 0.4) is 0 Å². The van der Waals surface area contributed by atoms with Gasteiger partial charge in [-0.3, -0.25) is 38.5 Å². The van der Waals surface area contributed by atoms with Gasteiger partial charge in [-0.2, -0.15) is 0 Å². The molecule has 0 bridgehead atoms. The molecular formula is C58H79FN8O12S. The molecule has 436 valence electrons. The topological polar surface area (TPSA) is 280 Å². The second kappa shape index (κ2) is 26.4. The number of amides is 6. The number of thioether (sulfide) groups is 1. The van der Waals surface area contributed by atoms with E-state index in [0.29, 0.717) is 71.6 Å². The van der Waals surface area contributed by atoms with Crippen molar-refractivity contribution in [3.8, 4) is 11.4 Å². The lowest BCUT2D eigenvalue weighted by Crippen LogP contribution is -2.53. The molecule has 8 rings (SSSR count). The third kappa shape index (κ3) is 12.6. The van der Waals surface area contributed by atoms with Crippen molar-refractivity contribution in [2.24, 2.45) is 11.7 Å². The van der Waals surface area contributed by atoms with Crippen molar-refractivity contribution in [2.75, 3.05) is 46.1 Å². The first-order chi connectivity index (χ1) is 38.4. The number of benzene rings is 1. The summed E-state index contributed by atoms with van der Waals surface area (Å²) in [5, 5.41) is 23.1. The minimum absolute atomic E-state index is 0.0130.